The van der Waals surface area contributed by atoms with E-state index in [4.69, 9.17) is 26.5 Å². The maximum atomic E-state index is 12.9. The summed E-state index contributed by atoms with van der Waals surface area (Å²) in [6, 6.07) is 8.36. The summed E-state index contributed by atoms with van der Waals surface area (Å²) in [6.45, 7) is 3.24. The van der Waals surface area contributed by atoms with E-state index in [0.29, 0.717) is 29.3 Å². The minimum atomic E-state index is -0.937. The number of furan rings is 1. The topological polar surface area (TPSA) is 127 Å². The van der Waals surface area contributed by atoms with E-state index in [-0.39, 0.29) is 5.92 Å². The van der Waals surface area contributed by atoms with Gasteiger partial charge in [-0.05, 0) is 42.2 Å². The Labute approximate surface area is 190 Å². The van der Waals surface area contributed by atoms with Crippen molar-refractivity contribution in [1.82, 2.24) is 10.3 Å². The van der Waals surface area contributed by atoms with Gasteiger partial charge in [0.2, 0.25) is 0 Å². The van der Waals surface area contributed by atoms with E-state index in [9.17, 15) is 14.4 Å². The van der Waals surface area contributed by atoms with E-state index in [2.05, 4.69) is 10.4 Å². The Morgan fingerprint density at radius 1 is 1.28 bits per heavy atom. The molecular weight excluding hydrogens is 436 g/mol. The molecule has 10 heteroatoms. The number of rotatable bonds is 8. The highest BCUT2D eigenvalue weighted by Crippen LogP contribution is 2.33. The smallest absolute Gasteiger partial charge is 0.329 e. The van der Waals surface area contributed by atoms with Gasteiger partial charge in [-0.2, -0.15) is 5.10 Å². The molecule has 1 aliphatic heterocycles. The number of amides is 3. The molecule has 9 nitrogen and oxygen atoms in total. The highest BCUT2D eigenvalue weighted by atomic mass is 35.5. The van der Waals surface area contributed by atoms with Crippen LogP contribution in [-0.2, 0) is 14.3 Å². The fourth-order valence-electron chi connectivity index (χ4n) is 3.42. The number of carbonyl (C=O) groups excluding carboxylic acids is 3. The maximum Gasteiger partial charge on any atom is 0.329 e. The largest absolute Gasteiger partial charge is 0.467 e. The van der Waals surface area contributed by atoms with Crippen molar-refractivity contribution in [3.8, 4) is 0 Å². The van der Waals surface area contributed by atoms with Crippen molar-refractivity contribution < 1.29 is 23.5 Å². The number of hydrogen-bond acceptors (Lipinski definition) is 6. The summed E-state index contributed by atoms with van der Waals surface area (Å²) in [5.74, 6) is -0.596. The van der Waals surface area contributed by atoms with Crippen molar-refractivity contribution in [2.24, 2.45) is 16.8 Å². The van der Waals surface area contributed by atoms with Gasteiger partial charge in [0.05, 0.1) is 12.0 Å². The van der Waals surface area contributed by atoms with Crippen molar-refractivity contribution in [1.29, 1.82) is 0 Å². The predicted molar refractivity (Wildman–Crippen MR) is 118 cm³/mol. The van der Waals surface area contributed by atoms with E-state index < -0.39 is 36.6 Å². The fraction of sp³-hybridized carbons (Fsp3) is 0.364. The number of ether oxygens (including phenoxy) is 1. The number of nitrogens with zero attached hydrogens (tertiary/aromatic N) is 2. The van der Waals surface area contributed by atoms with Gasteiger partial charge in [-0.25, -0.2) is 14.6 Å². The van der Waals surface area contributed by atoms with Crippen LogP contribution in [0.5, 0.6) is 0 Å². The van der Waals surface area contributed by atoms with Crippen LogP contribution in [0.1, 0.15) is 44.1 Å². The van der Waals surface area contributed by atoms with E-state index in [1.807, 2.05) is 26.0 Å². The third-order valence-corrected chi connectivity index (χ3v) is 5.11. The third-order valence-electron chi connectivity index (χ3n) is 4.86. The Bertz CT molecular complexity index is 988. The molecule has 0 fully saturated rings. The molecule has 0 spiro atoms. The molecule has 2 aromatic rings. The molecule has 1 aromatic carbocycles. The average molecular weight is 461 g/mol. The van der Waals surface area contributed by atoms with E-state index in [0.717, 1.165) is 5.56 Å². The molecule has 3 N–H and O–H groups in total. The number of carbonyl (C=O) groups is 3. The van der Waals surface area contributed by atoms with Crippen molar-refractivity contribution >= 4 is 35.2 Å². The molecular formula is C22H25ClN4O5. The number of hydrazone groups is 1. The molecule has 170 valence electrons. The van der Waals surface area contributed by atoms with E-state index in [1.54, 1.807) is 24.3 Å². The summed E-state index contributed by atoms with van der Waals surface area (Å²) in [5.41, 5.74) is 6.64. The molecule has 1 aliphatic rings. The number of benzene rings is 1. The van der Waals surface area contributed by atoms with Crippen LogP contribution in [0, 0.1) is 5.92 Å². The van der Waals surface area contributed by atoms with Gasteiger partial charge < -0.3 is 20.2 Å². The number of nitrogens with two attached hydrogens (primary N) is 1. The molecule has 0 bridgehead atoms. The second-order valence-electron chi connectivity index (χ2n) is 7.83. The molecule has 1 aromatic heterocycles. The molecule has 3 amide bonds. The summed E-state index contributed by atoms with van der Waals surface area (Å²) in [5, 5.41) is 8.67. The summed E-state index contributed by atoms with van der Waals surface area (Å²) in [4.78, 5) is 36.6. The van der Waals surface area contributed by atoms with Crippen LogP contribution < -0.4 is 11.1 Å². The lowest BCUT2D eigenvalue weighted by Gasteiger charge is -2.21. The number of nitrogens with one attached hydrogen (secondary N) is 1. The van der Waals surface area contributed by atoms with Crippen molar-refractivity contribution in [2.45, 2.75) is 38.8 Å². The van der Waals surface area contributed by atoms with Crippen molar-refractivity contribution in [3.63, 3.8) is 0 Å². The Kier molecular flexibility index (Phi) is 7.53. The lowest BCUT2D eigenvalue weighted by molar-refractivity contribution is -0.154. The lowest BCUT2D eigenvalue weighted by Crippen LogP contribution is -2.46. The quantitative estimate of drug-likeness (QED) is 0.584. The number of urea groups is 1. The number of esters is 1. The van der Waals surface area contributed by atoms with Gasteiger partial charge in [0.1, 0.15) is 17.8 Å². The standard InChI is InChI=1S/C22H25ClN4O5/c1-13(2)10-17(25-22(24)30)21(29)32-12-20(28)27-18(19-4-3-9-31-19)11-16(26-27)14-5-7-15(23)8-6-14/h3-9,13,17-18H,10-12H2,1-2H3,(H3,24,25,30)/t17-,18-/m1/s1. The summed E-state index contributed by atoms with van der Waals surface area (Å²) in [6.07, 6.45) is 2.27. The van der Waals surface area contributed by atoms with Crippen LogP contribution in [0.3, 0.4) is 0 Å². The Hall–Kier alpha value is -3.33. The summed E-state index contributed by atoms with van der Waals surface area (Å²) < 4.78 is 10.7. The Morgan fingerprint density at radius 3 is 2.59 bits per heavy atom. The van der Waals surface area contributed by atoms with Gasteiger partial charge in [-0.1, -0.05) is 37.6 Å². The van der Waals surface area contributed by atoms with Gasteiger partial charge in [0, 0.05) is 11.4 Å². The first-order valence-electron chi connectivity index (χ1n) is 10.2. The van der Waals surface area contributed by atoms with Crippen molar-refractivity contribution in [2.75, 3.05) is 6.61 Å². The van der Waals surface area contributed by atoms with Crippen LogP contribution in [0.25, 0.3) is 0 Å². The Morgan fingerprint density at radius 2 is 2.00 bits per heavy atom. The molecule has 32 heavy (non-hydrogen) atoms. The van der Waals surface area contributed by atoms with E-state index in [1.165, 1.54) is 11.3 Å². The second kappa shape index (κ2) is 10.3. The maximum absolute atomic E-state index is 12.9. The monoisotopic (exact) mass is 460 g/mol. The fourth-order valence-corrected chi connectivity index (χ4v) is 3.54. The van der Waals surface area contributed by atoms with Crippen LogP contribution in [-0.4, -0.2) is 41.3 Å². The first-order chi connectivity index (χ1) is 15.2. The first-order valence-corrected chi connectivity index (χ1v) is 10.5. The first kappa shape index (κ1) is 23.3. The van der Waals surface area contributed by atoms with Crippen LogP contribution in [0.15, 0.2) is 52.2 Å². The van der Waals surface area contributed by atoms with Gasteiger partial charge >= 0.3 is 12.0 Å². The SMILES string of the molecule is CC(C)C[C@@H](NC(N)=O)C(=O)OCC(=O)N1N=C(c2ccc(Cl)cc2)C[C@@H]1c1ccco1. The molecule has 0 unspecified atom stereocenters. The normalized spacial score (nSPS) is 16.6. The summed E-state index contributed by atoms with van der Waals surface area (Å²) >= 11 is 5.96. The number of primary amides is 1. The molecule has 2 atom stereocenters. The predicted octanol–water partition coefficient (Wildman–Crippen LogP) is 3.24. The van der Waals surface area contributed by atoms with Crippen molar-refractivity contribution in [3.05, 3.63) is 59.0 Å². The van der Waals surface area contributed by atoms with Crippen LogP contribution in [0.4, 0.5) is 4.79 Å². The highest BCUT2D eigenvalue weighted by Gasteiger charge is 2.35. The lowest BCUT2D eigenvalue weighted by atomic mass is 10.0. The average Bonchev–Trinajstić information content (AvgIpc) is 3.41. The third kappa shape index (κ3) is 5.88. The molecule has 2 heterocycles. The van der Waals surface area contributed by atoms with Crippen LogP contribution in [0.2, 0.25) is 5.02 Å². The van der Waals surface area contributed by atoms with Gasteiger partial charge in [0.15, 0.2) is 6.61 Å². The Balaban J connectivity index is 1.73. The zero-order chi connectivity index (χ0) is 23.3. The van der Waals surface area contributed by atoms with Crippen LogP contribution >= 0.6 is 11.6 Å². The zero-order valence-electron chi connectivity index (χ0n) is 17.8. The molecule has 0 saturated carbocycles. The minimum absolute atomic E-state index is 0.101. The molecule has 0 saturated heterocycles. The molecule has 0 aliphatic carbocycles. The summed E-state index contributed by atoms with van der Waals surface area (Å²) in [7, 11) is 0. The highest BCUT2D eigenvalue weighted by molar-refractivity contribution is 6.30. The van der Waals surface area contributed by atoms with Gasteiger partial charge in [0.25, 0.3) is 5.91 Å². The molecule has 3 rings (SSSR count). The zero-order valence-corrected chi connectivity index (χ0v) is 18.5. The molecule has 0 radical (unpaired) electrons. The minimum Gasteiger partial charge on any atom is -0.467 e. The second-order valence-corrected chi connectivity index (χ2v) is 8.26. The van der Waals surface area contributed by atoms with Gasteiger partial charge in [-0.3, -0.25) is 4.79 Å². The number of hydrogen-bond donors (Lipinski definition) is 2. The van der Waals surface area contributed by atoms with E-state index >= 15 is 0 Å². The van der Waals surface area contributed by atoms with Gasteiger partial charge in [-0.15, -0.1) is 0 Å². The number of halogens is 1.